The average molecular weight is 284 g/mol. The van der Waals surface area contributed by atoms with Crippen LogP contribution in [-0.2, 0) is 4.79 Å². The van der Waals surface area contributed by atoms with Crippen molar-refractivity contribution in [2.24, 2.45) is 10.2 Å². The number of rotatable bonds is 2. The van der Waals surface area contributed by atoms with Crippen LogP contribution in [0.25, 0.3) is 0 Å². The van der Waals surface area contributed by atoms with Gasteiger partial charge in [-0.05, 0) is 43.7 Å². The molecular weight excluding hydrogens is 271 g/mol. The van der Waals surface area contributed by atoms with Gasteiger partial charge in [-0.25, -0.2) is 4.39 Å². The van der Waals surface area contributed by atoms with E-state index >= 15 is 0 Å². The maximum atomic E-state index is 13.3. The van der Waals surface area contributed by atoms with Gasteiger partial charge in [0.25, 0.3) is 5.91 Å². The Morgan fingerprint density at radius 2 is 2.05 bits per heavy atom. The lowest BCUT2D eigenvalue weighted by atomic mass is 10.1. The molecule has 0 unspecified atom stereocenters. The number of halogens is 1. The summed E-state index contributed by atoms with van der Waals surface area (Å²) in [7, 11) is 0. The first-order valence-corrected chi connectivity index (χ1v) is 6.43. The van der Waals surface area contributed by atoms with Crippen LogP contribution in [0.5, 0.6) is 0 Å². The molecular formula is C15H13FN4O. The number of nitrogens with zero attached hydrogens (tertiary/aromatic N) is 2. The van der Waals surface area contributed by atoms with Crippen molar-refractivity contribution >= 4 is 23.5 Å². The third-order valence-corrected chi connectivity index (χ3v) is 3.23. The number of aromatic amines is 1. The van der Waals surface area contributed by atoms with E-state index in [0.29, 0.717) is 11.3 Å². The Labute approximate surface area is 120 Å². The standard InChI is InChI=1S/C15H13FN4O/c1-8-5-9(2)18-13(8)7-17-20-14-11-6-10(16)3-4-12(11)19-15(14)21/h3-7,18H,1-2H3,(H,19,20,21)/b17-7+. The van der Waals surface area contributed by atoms with Crippen molar-refractivity contribution in [2.45, 2.75) is 13.8 Å². The van der Waals surface area contributed by atoms with E-state index in [1.807, 2.05) is 19.9 Å². The van der Waals surface area contributed by atoms with E-state index in [9.17, 15) is 9.18 Å². The average Bonchev–Trinajstić information content (AvgIpc) is 2.90. The van der Waals surface area contributed by atoms with Gasteiger partial charge in [-0.3, -0.25) is 4.79 Å². The predicted molar refractivity (Wildman–Crippen MR) is 79.4 cm³/mol. The molecule has 0 saturated carbocycles. The van der Waals surface area contributed by atoms with Gasteiger partial charge >= 0.3 is 0 Å². The van der Waals surface area contributed by atoms with E-state index in [-0.39, 0.29) is 11.6 Å². The van der Waals surface area contributed by atoms with Crippen LogP contribution in [0.15, 0.2) is 34.5 Å². The minimum Gasteiger partial charge on any atom is -0.358 e. The van der Waals surface area contributed by atoms with Crippen LogP contribution >= 0.6 is 0 Å². The summed E-state index contributed by atoms with van der Waals surface area (Å²) < 4.78 is 13.3. The molecule has 2 aromatic rings. The van der Waals surface area contributed by atoms with Crippen molar-refractivity contribution in [3.63, 3.8) is 0 Å². The van der Waals surface area contributed by atoms with Crippen molar-refractivity contribution in [2.75, 3.05) is 5.32 Å². The molecule has 1 aromatic heterocycles. The topological polar surface area (TPSA) is 69.6 Å². The number of anilines is 1. The van der Waals surface area contributed by atoms with E-state index < -0.39 is 5.82 Å². The molecule has 5 nitrogen and oxygen atoms in total. The number of aromatic nitrogens is 1. The quantitative estimate of drug-likeness (QED) is 0.645. The van der Waals surface area contributed by atoms with Crippen LogP contribution < -0.4 is 5.32 Å². The van der Waals surface area contributed by atoms with Crippen molar-refractivity contribution < 1.29 is 9.18 Å². The number of fused-ring (bicyclic) bond motifs is 1. The van der Waals surface area contributed by atoms with Crippen LogP contribution in [0.1, 0.15) is 22.5 Å². The van der Waals surface area contributed by atoms with Crippen LogP contribution in [0.4, 0.5) is 10.1 Å². The fraction of sp³-hybridized carbons (Fsp3) is 0.133. The molecule has 0 saturated heterocycles. The number of hydrogen-bond donors (Lipinski definition) is 2. The zero-order valence-corrected chi connectivity index (χ0v) is 11.6. The lowest BCUT2D eigenvalue weighted by Gasteiger charge is -1.95. The SMILES string of the molecule is Cc1cc(C)c(/C=N/N=C2\C(=O)Nc3ccc(F)cc32)[nH]1. The maximum absolute atomic E-state index is 13.3. The summed E-state index contributed by atoms with van der Waals surface area (Å²) >= 11 is 0. The molecule has 2 N–H and O–H groups in total. The molecule has 2 heterocycles. The molecule has 0 atom stereocenters. The number of nitrogens with one attached hydrogen (secondary N) is 2. The predicted octanol–water partition coefficient (Wildman–Crippen LogP) is 2.55. The van der Waals surface area contributed by atoms with Gasteiger partial charge in [0.2, 0.25) is 0 Å². The molecule has 1 aromatic carbocycles. The molecule has 21 heavy (non-hydrogen) atoms. The number of carbonyl (C=O) groups is 1. The Morgan fingerprint density at radius 3 is 2.76 bits per heavy atom. The van der Waals surface area contributed by atoms with Gasteiger partial charge in [-0.15, -0.1) is 5.10 Å². The highest BCUT2D eigenvalue weighted by atomic mass is 19.1. The van der Waals surface area contributed by atoms with Crippen molar-refractivity contribution in [3.8, 4) is 0 Å². The van der Waals surface area contributed by atoms with Crippen LogP contribution in [0.2, 0.25) is 0 Å². The first kappa shape index (κ1) is 13.2. The molecule has 0 spiro atoms. The lowest BCUT2D eigenvalue weighted by Crippen LogP contribution is -2.13. The molecule has 106 valence electrons. The van der Waals surface area contributed by atoms with Crippen LogP contribution in [0, 0.1) is 19.7 Å². The summed E-state index contributed by atoms with van der Waals surface area (Å²) in [5.41, 5.74) is 3.97. The van der Waals surface area contributed by atoms with E-state index in [4.69, 9.17) is 0 Å². The summed E-state index contributed by atoms with van der Waals surface area (Å²) in [4.78, 5) is 14.9. The highest BCUT2D eigenvalue weighted by Crippen LogP contribution is 2.24. The third kappa shape index (κ3) is 2.47. The van der Waals surface area contributed by atoms with Gasteiger partial charge in [-0.1, -0.05) is 0 Å². The third-order valence-electron chi connectivity index (χ3n) is 3.23. The smallest absolute Gasteiger partial charge is 0.276 e. The second-order valence-corrected chi connectivity index (χ2v) is 4.89. The summed E-state index contributed by atoms with van der Waals surface area (Å²) in [6, 6.07) is 6.05. The molecule has 3 rings (SSSR count). The number of H-pyrrole nitrogens is 1. The second kappa shape index (κ2) is 4.97. The van der Waals surface area contributed by atoms with Gasteiger partial charge in [0.05, 0.1) is 17.6 Å². The van der Waals surface area contributed by atoms with Gasteiger partial charge in [0.1, 0.15) is 5.82 Å². The number of benzene rings is 1. The number of carbonyl (C=O) groups excluding carboxylic acids is 1. The molecule has 1 amide bonds. The summed E-state index contributed by atoms with van der Waals surface area (Å²) in [6.07, 6.45) is 1.54. The second-order valence-electron chi connectivity index (χ2n) is 4.89. The van der Waals surface area contributed by atoms with E-state index in [1.54, 1.807) is 6.21 Å². The van der Waals surface area contributed by atoms with Crippen LogP contribution in [-0.4, -0.2) is 22.8 Å². The Balaban J connectivity index is 1.92. The first-order chi connectivity index (χ1) is 10.0. The van der Waals surface area contributed by atoms with Gasteiger partial charge < -0.3 is 10.3 Å². The molecule has 1 aliphatic heterocycles. The Kier molecular flexibility index (Phi) is 3.13. The lowest BCUT2D eigenvalue weighted by molar-refractivity contribution is -0.110. The Morgan fingerprint density at radius 1 is 1.24 bits per heavy atom. The largest absolute Gasteiger partial charge is 0.358 e. The highest BCUT2D eigenvalue weighted by molar-refractivity contribution is 6.53. The van der Waals surface area contributed by atoms with Crippen molar-refractivity contribution in [1.29, 1.82) is 0 Å². The van der Waals surface area contributed by atoms with Crippen molar-refractivity contribution in [3.05, 3.63) is 52.6 Å². The fourth-order valence-electron chi connectivity index (χ4n) is 2.25. The van der Waals surface area contributed by atoms with Gasteiger partial charge in [0, 0.05) is 11.3 Å². The summed E-state index contributed by atoms with van der Waals surface area (Å²) in [5, 5.41) is 10.5. The minimum absolute atomic E-state index is 0.113. The fourth-order valence-corrected chi connectivity index (χ4v) is 2.25. The minimum atomic E-state index is -0.419. The number of aryl methyl sites for hydroxylation is 2. The van der Waals surface area contributed by atoms with Crippen LogP contribution in [0.3, 0.4) is 0 Å². The number of amides is 1. The van der Waals surface area contributed by atoms with Gasteiger partial charge in [-0.2, -0.15) is 5.10 Å². The molecule has 1 aliphatic rings. The maximum Gasteiger partial charge on any atom is 0.276 e. The highest BCUT2D eigenvalue weighted by Gasteiger charge is 2.26. The van der Waals surface area contributed by atoms with E-state index in [1.165, 1.54) is 18.2 Å². The molecule has 0 fully saturated rings. The first-order valence-electron chi connectivity index (χ1n) is 6.43. The molecule has 0 aliphatic carbocycles. The zero-order chi connectivity index (χ0) is 15.0. The zero-order valence-electron chi connectivity index (χ0n) is 11.6. The summed E-state index contributed by atoms with van der Waals surface area (Å²) in [5.74, 6) is -0.801. The van der Waals surface area contributed by atoms with Crippen molar-refractivity contribution in [1.82, 2.24) is 4.98 Å². The van der Waals surface area contributed by atoms with Gasteiger partial charge in [0.15, 0.2) is 5.71 Å². The Hall–Kier alpha value is -2.76. The number of hydrogen-bond acceptors (Lipinski definition) is 3. The summed E-state index contributed by atoms with van der Waals surface area (Å²) in [6.45, 7) is 3.89. The normalized spacial score (nSPS) is 15.8. The monoisotopic (exact) mass is 284 g/mol. The van der Waals surface area contributed by atoms with E-state index in [2.05, 4.69) is 20.5 Å². The van der Waals surface area contributed by atoms with E-state index in [0.717, 1.165) is 17.0 Å². The molecule has 6 heteroatoms. The molecule has 0 bridgehead atoms. The Bertz CT molecular complexity index is 789. The molecule has 0 radical (unpaired) electrons.